The Labute approximate surface area is 166 Å². The summed E-state index contributed by atoms with van der Waals surface area (Å²) < 4.78 is 1.55. The van der Waals surface area contributed by atoms with E-state index in [0.717, 1.165) is 7.35 Å². The van der Waals surface area contributed by atoms with Crippen LogP contribution in [0.25, 0.3) is 12.2 Å². The fourth-order valence-corrected chi connectivity index (χ4v) is 34.4. The van der Waals surface area contributed by atoms with Crippen LogP contribution in [0.5, 0.6) is 0 Å². The molecule has 0 saturated heterocycles. The number of aryl methyl sites for hydroxylation is 2. The van der Waals surface area contributed by atoms with Gasteiger partial charge in [0.1, 0.15) is 0 Å². The van der Waals surface area contributed by atoms with Crippen molar-refractivity contribution in [2.75, 3.05) is 0 Å². The first kappa shape index (κ1) is 18.4. The van der Waals surface area contributed by atoms with Gasteiger partial charge in [-0.25, -0.2) is 0 Å². The first-order chi connectivity index (χ1) is 12.4. The fourth-order valence-electron chi connectivity index (χ4n) is 4.99. The normalized spacial score (nSPS) is 20.4. The van der Waals surface area contributed by atoms with Crippen LogP contribution in [0, 0.1) is 13.8 Å². The SMILES string of the molecule is CC1=Cc2c(C)cccc2[CH]1[Hf]([CH]1C(C)=Cc2c(C)cccc21)=[Si](C)C. The summed E-state index contributed by atoms with van der Waals surface area (Å²) in [4.78, 5) is 0. The molecule has 2 aliphatic carbocycles. The molecule has 0 saturated carbocycles. The number of hydrogen-bond donors (Lipinski definition) is 0. The van der Waals surface area contributed by atoms with Crippen molar-refractivity contribution < 1.29 is 20.1 Å². The Balaban J connectivity index is 1.91. The summed E-state index contributed by atoms with van der Waals surface area (Å²) in [5, 5.41) is 0. The van der Waals surface area contributed by atoms with Crippen molar-refractivity contribution >= 4 is 17.6 Å². The third-order valence-corrected chi connectivity index (χ3v) is 34.5. The van der Waals surface area contributed by atoms with Crippen molar-refractivity contribution in [2.24, 2.45) is 0 Å². The van der Waals surface area contributed by atoms with Gasteiger partial charge in [0.2, 0.25) is 0 Å². The molecule has 2 atom stereocenters. The van der Waals surface area contributed by atoms with E-state index in [1.165, 1.54) is 22.3 Å². The molecule has 0 nitrogen and oxygen atoms in total. The molecule has 0 aromatic heterocycles. The Morgan fingerprint density at radius 2 is 1.12 bits per heavy atom. The first-order valence-electron chi connectivity index (χ1n) is 9.62. The van der Waals surface area contributed by atoms with E-state index < -0.39 is 20.1 Å². The monoisotopic (exact) mass is 524 g/mol. The van der Waals surface area contributed by atoms with E-state index in [1.54, 1.807) is 22.3 Å². The van der Waals surface area contributed by atoms with Crippen molar-refractivity contribution in [3.63, 3.8) is 0 Å². The Kier molecular flexibility index (Phi) is 4.86. The zero-order valence-corrected chi connectivity index (χ0v) is 21.4. The van der Waals surface area contributed by atoms with Crippen LogP contribution in [0.1, 0.15) is 54.6 Å². The molecule has 0 radical (unpaired) electrons. The molecule has 0 amide bonds. The van der Waals surface area contributed by atoms with E-state index in [9.17, 15) is 0 Å². The van der Waals surface area contributed by atoms with Crippen LogP contribution >= 0.6 is 0 Å². The van der Waals surface area contributed by atoms with E-state index in [4.69, 9.17) is 0 Å². The molecule has 0 N–H and O–H groups in total. The average molecular weight is 523 g/mol. The summed E-state index contributed by atoms with van der Waals surface area (Å²) >= 11 is -2.02. The van der Waals surface area contributed by atoms with E-state index >= 15 is 0 Å². The molecule has 0 heterocycles. The summed E-state index contributed by atoms with van der Waals surface area (Å²) in [5.41, 5.74) is 12.3. The third-order valence-electron chi connectivity index (χ3n) is 6.19. The van der Waals surface area contributed by atoms with Crippen LogP contribution in [0.15, 0.2) is 47.5 Å². The van der Waals surface area contributed by atoms with Gasteiger partial charge in [-0.2, -0.15) is 0 Å². The van der Waals surface area contributed by atoms with Gasteiger partial charge in [0.05, 0.1) is 0 Å². The number of benzene rings is 2. The minimum atomic E-state index is -2.02. The summed E-state index contributed by atoms with van der Waals surface area (Å²) in [7, 11) is 0. The second kappa shape index (κ2) is 6.87. The fraction of sp³-hybridized carbons (Fsp3) is 0.333. The molecule has 0 fully saturated rings. The van der Waals surface area contributed by atoms with Crippen molar-refractivity contribution in [3.8, 4) is 0 Å². The average Bonchev–Trinajstić information content (AvgIpc) is 3.09. The van der Waals surface area contributed by atoms with E-state index in [2.05, 4.69) is 89.3 Å². The molecule has 26 heavy (non-hydrogen) atoms. The van der Waals surface area contributed by atoms with Crippen LogP contribution in [-0.4, -0.2) is 5.49 Å². The quantitative estimate of drug-likeness (QED) is 0.381. The Hall–Kier alpha value is -0.993. The summed E-state index contributed by atoms with van der Waals surface area (Å²) in [5.74, 6) is 0. The maximum absolute atomic E-state index is 2.61. The first-order valence-corrected chi connectivity index (χ1v) is 21.7. The predicted molar refractivity (Wildman–Crippen MR) is 113 cm³/mol. The summed E-state index contributed by atoms with van der Waals surface area (Å²) in [6.45, 7) is 14.6. The molecule has 0 aliphatic heterocycles. The zero-order valence-electron chi connectivity index (χ0n) is 16.8. The molecule has 4 rings (SSSR count). The standard InChI is InChI=1S/2C11H11.C2H6Si.Hf/c2*1-8-6-10-5-3-4-9(2)11(10)7-8;1-3-2;/h2*3-7H,1-2H3;1-2H3;. The molecule has 2 unspecified atom stereocenters. The molecular weight excluding hydrogens is 495 g/mol. The van der Waals surface area contributed by atoms with Crippen LogP contribution < -0.4 is 0 Å². The molecule has 2 aliphatic rings. The van der Waals surface area contributed by atoms with Gasteiger partial charge in [0.25, 0.3) is 0 Å². The number of hydrogen-bond acceptors (Lipinski definition) is 0. The van der Waals surface area contributed by atoms with E-state index in [-0.39, 0.29) is 5.49 Å². The minimum absolute atomic E-state index is 0.281. The molecule has 2 heteroatoms. The van der Waals surface area contributed by atoms with Crippen LogP contribution in [0.3, 0.4) is 0 Å². The molecule has 132 valence electrons. The van der Waals surface area contributed by atoms with Gasteiger partial charge in [-0.05, 0) is 0 Å². The topological polar surface area (TPSA) is 0 Å². The summed E-state index contributed by atoms with van der Waals surface area (Å²) in [6.07, 6.45) is 5.02. The Morgan fingerprint density at radius 1 is 0.692 bits per heavy atom. The zero-order chi connectivity index (χ0) is 18.6. The van der Waals surface area contributed by atoms with Crippen LogP contribution in [-0.2, 0) is 20.1 Å². The molecule has 2 aromatic carbocycles. The van der Waals surface area contributed by atoms with Crippen molar-refractivity contribution in [3.05, 3.63) is 80.9 Å². The second-order valence-corrected chi connectivity index (χ2v) is 33.2. The predicted octanol–water partition coefficient (Wildman–Crippen LogP) is 6.79. The molecular formula is C24H28HfSi. The molecule has 0 bridgehead atoms. The Bertz CT molecular complexity index is 927. The Morgan fingerprint density at radius 3 is 1.50 bits per heavy atom. The van der Waals surface area contributed by atoms with E-state index in [1.807, 2.05) is 0 Å². The van der Waals surface area contributed by atoms with E-state index in [0.29, 0.717) is 0 Å². The van der Waals surface area contributed by atoms with Gasteiger partial charge in [0, 0.05) is 0 Å². The third kappa shape index (κ3) is 2.81. The number of fused-ring (bicyclic) bond motifs is 2. The van der Waals surface area contributed by atoms with Gasteiger partial charge < -0.3 is 0 Å². The van der Waals surface area contributed by atoms with Gasteiger partial charge >= 0.3 is 167 Å². The number of rotatable bonds is 2. The van der Waals surface area contributed by atoms with Crippen LogP contribution in [0.4, 0.5) is 0 Å². The summed E-state index contributed by atoms with van der Waals surface area (Å²) in [6, 6.07) is 14.0. The van der Waals surface area contributed by atoms with Gasteiger partial charge in [-0.1, -0.05) is 0 Å². The van der Waals surface area contributed by atoms with Gasteiger partial charge in [-0.3, -0.25) is 0 Å². The number of allylic oxidation sites excluding steroid dienone is 2. The van der Waals surface area contributed by atoms with Gasteiger partial charge in [-0.15, -0.1) is 0 Å². The van der Waals surface area contributed by atoms with Crippen molar-refractivity contribution in [1.82, 2.24) is 0 Å². The molecule has 0 spiro atoms. The van der Waals surface area contributed by atoms with Gasteiger partial charge in [0.15, 0.2) is 0 Å². The second-order valence-electron chi connectivity index (χ2n) is 8.25. The van der Waals surface area contributed by atoms with Crippen molar-refractivity contribution in [2.45, 2.75) is 48.1 Å². The van der Waals surface area contributed by atoms with Crippen molar-refractivity contribution in [1.29, 1.82) is 0 Å². The molecule has 2 aromatic rings. The van der Waals surface area contributed by atoms with Crippen LogP contribution in [0.2, 0.25) is 13.1 Å². The maximum atomic E-state index is 2.61.